The third-order valence-electron chi connectivity index (χ3n) is 5.52. The number of carbonyl (C=O) groups is 2. The summed E-state index contributed by atoms with van der Waals surface area (Å²) >= 11 is 0. The summed E-state index contributed by atoms with van der Waals surface area (Å²) in [7, 11) is 0. The monoisotopic (exact) mass is 341 g/mol. The molecule has 4 rings (SSSR count). The maximum Gasteiger partial charge on any atom is 0.253 e. The predicted molar refractivity (Wildman–Crippen MR) is 97.4 cm³/mol. The first-order valence-corrected chi connectivity index (χ1v) is 9.62. The van der Waals surface area contributed by atoms with E-state index in [1.54, 1.807) is 0 Å². The fraction of sp³-hybridized carbons (Fsp3) is 0.600. The number of hydrogen-bond donors (Lipinski definition) is 2. The molecule has 25 heavy (non-hydrogen) atoms. The highest BCUT2D eigenvalue weighted by molar-refractivity contribution is 5.96. The lowest BCUT2D eigenvalue weighted by Crippen LogP contribution is -2.45. The third-order valence-corrected chi connectivity index (χ3v) is 5.52. The Morgan fingerprint density at radius 1 is 0.960 bits per heavy atom. The van der Waals surface area contributed by atoms with E-state index in [0.29, 0.717) is 11.6 Å². The fourth-order valence-electron chi connectivity index (χ4n) is 3.41. The van der Waals surface area contributed by atoms with Crippen molar-refractivity contribution in [1.29, 1.82) is 0 Å². The van der Waals surface area contributed by atoms with E-state index in [-0.39, 0.29) is 17.7 Å². The van der Waals surface area contributed by atoms with Gasteiger partial charge in [-0.15, -0.1) is 0 Å². The molecule has 1 aromatic rings. The lowest BCUT2D eigenvalue weighted by atomic mass is 10.0. The van der Waals surface area contributed by atoms with Crippen LogP contribution in [0.3, 0.4) is 0 Å². The van der Waals surface area contributed by atoms with Gasteiger partial charge in [-0.2, -0.15) is 0 Å². The predicted octanol–water partition coefficient (Wildman–Crippen LogP) is 2.64. The number of anilines is 1. The Bertz CT molecular complexity index is 627. The van der Waals surface area contributed by atoms with Gasteiger partial charge in [-0.3, -0.25) is 9.59 Å². The summed E-state index contributed by atoms with van der Waals surface area (Å²) in [6.45, 7) is 2.79. The van der Waals surface area contributed by atoms with Crippen molar-refractivity contribution in [2.45, 2.75) is 44.6 Å². The molecule has 2 amide bonds. The minimum absolute atomic E-state index is 0.0971. The Hall–Kier alpha value is -1.88. The smallest absolute Gasteiger partial charge is 0.253 e. The first-order chi connectivity index (χ1) is 12.2. The average Bonchev–Trinajstić information content (AvgIpc) is 3.54. The maximum absolute atomic E-state index is 12.7. The molecule has 3 fully saturated rings. The molecule has 134 valence electrons. The van der Waals surface area contributed by atoms with Crippen molar-refractivity contribution in [3.8, 4) is 0 Å². The van der Waals surface area contributed by atoms with Crippen molar-refractivity contribution < 1.29 is 9.59 Å². The van der Waals surface area contributed by atoms with Gasteiger partial charge in [0.05, 0.1) is 0 Å². The molecule has 5 heteroatoms. The van der Waals surface area contributed by atoms with Gasteiger partial charge in [0.15, 0.2) is 0 Å². The molecule has 1 heterocycles. The summed E-state index contributed by atoms with van der Waals surface area (Å²) in [5.41, 5.74) is 1.48. The van der Waals surface area contributed by atoms with Gasteiger partial charge in [-0.05, 0) is 75.3 Å². The van der Waals surface area contributed by atoms with E-state index >= 15 is 0 Å². The SMILES string of the molecule is O=C(Nc1ccc(C(=O)N2CCC(NCC3CC3)CC2)cc1)C1CC1. The summed E-state index contributed by atoms with van der Waals surface area (Å²) in [6.07, 6.45) is 6.81. The molecule has 1 aromatic carbocycles. The van der Waals surface area contributed by atoms with Crippen LogP contribution in [-0.4, -0.2) is 42.4 Å². The Morgan fingerprint density at radius 3 is 2.24 bits per heavy atom. The van der Waals surface area contributed by atoms with Crippen LogP contribution in [0, 0.1) is 11.8 Å². The second-order valence-corrected chi connectivity index (χ2v) is 7.76. The number of carbonyl (C=O) groups excluding carboxylic acids is 2. The van der Waals surface area contributed by atoms with Crippen LogP contribution >= 0.6 is 0 Å². The number of amides is 2. The Labute approximate surface area is 149 Å². The molecule has 3 aliphatic rings. The molecule has 0 aromatic heterocycles. The molecule has 0 bridgehead atoms. The van der Waals surface area contributed by atoms with Crippen molar-refractivity contribution in [1.82, 2.24) is 10.2 Å². The largest absolute Gasteiger partial charge is 0.339 e. The maximum atomic E-state index is 12.7. The van der Waals surface area contributed by atoms with E-state index < -0.39 is 0 Å². The first-order valence-electron chi connectivity index (χ1n) is 9.62. The molecule has 0 radical (unpaired) electrons. The van der Waals surface area contributed by atoms with E-state index in [1.165, 1.54) is 12.8 Å². The molecule has 0 unspecified atom stereocenters. The molecule has 2 saturated carbocycles. The summed E-state index contributed by atoms with van der Waals surface area (Å²) < 4.78 is 0. The van der Waals surface area contributed by atoms with Gasteiger partial charge in [-0.1, -0.05) is 0 Å². The number of rotatable bonds is 6. The summed E-state index contributed by atoms with van der Waals surface area (Å²) in [5, 5.41) is 6.56. The molecule has 2 N–H and O–H groups in total. The Morgan fingerprint density at radius 2 is 1.64 bits per heavy atom. The highest BCUT2D eigenvalue weighted by atomic mass is 16.2. The van der Waals surface area contributed by atoms with Gasteiger partial charge in [0.1, 0.15) is 0 Å². The number of hydrogen-bond acceptors (Lipinski definition) is 3. The number of piperidine rings is 1. The highest BCUT2D eigenvalue weighted by Crippen LogP contribution is 2.30. The summed E-state index contributed by atoms with van der Waals surface area (Å²) in [4.78, 5) is 26.4. The zero-order chi connectivity index (χ0) is 17.2. The van der Waals surface area contributed by atoms with Gasteiger partial charge >= 0.3 is 0 Å². The number of nitrogens with zero attached hydrogens (tertiary/aromatic N) is 1. The molecule has 1 aliphatic heterocycles. The topological polar surface area (TPSA) is 61.4 Å². The van der Waals surface area contributed by atoms with Gasteiger partial charge in [-0.25, -0.2) is 0 Å². The zero-order valence-corrected chi connectivity index (χ0v) is 14.7. The molecule has 0 spiro atoms. The summed E-state index contributed by atoms with van der Waals surface area (Å²) in [5.74, 6) is 1.29. The van der Waals surface area contributed by atoms with Crippen LogP contribution < -0.4 is 10.6 Å². The van der Waals surface area contributed by atoms with Crippen LogP contribution in [0.1, 0.15) is 48.9 Å². The molecular weight excluding hydrogens is 314 g/mol. The highest BCUT2D eigenvalue weighted by Gasteiger charge is 2.30. The van der Waals surface area contributed by atoms with Crippen molar-refractivity contribution in [2.24, 2.45) is 11.8 Å². The van der Waals surface area contributed by atoms with Crippen molar-refractivity contribution in [3.05, 3.63) is 29.8 Å². The lowest BCUT2D eigenvalue weighted by Gasteiger charge is -2.32. The van der Waals surface area contributed by atoms with Crippen LogP contribution in [-0.2, 0) is 4.79 Å². The van der Waals surface area contributed by atoms with Gasteiger partial charge in [0.25, 0.3) is 5.91 Å². The molecule has 1 saturated heterocycles. The van der Waals surface area contributed by atoms with Gasteiger partial charge < -0.3 is 15.5 Å². The number of nitrogens with one attached hydrogen (secondary N) is 2. The van der Waals surface area contributed by atoms with Gasteiger partial charge in [0.2, 0.25) is 5.91 Å². The van der Waals surface area contributed by atoms with Crippen LogP contribution in [0.2, 0.25) is 0 Å². The number of likely N-dealkylation sites (tertiary alicyclic amines) is 1. The fourth-order valence-corrected chi connectivity index (χ4v) is 3.41. The van der Waals surface area contributed by atoms with E-state index in [2.05, 4.69) is 10.6 Å². The quantitative estimate of drug-likeness (QED) is 0.836. The standard InChI is InChI=1S/C20H27N3O2/c24-19(15-3-4-15)22-18-7-5-16(6-8-18)20(25)23-11-9-17(10-12-23)21-13-14-1-2-14/h5-8,14-15,17,21H,1-4,9-13H2,(H,22,24). The first kappa shape index (κ1) is 16.6. The summed E-state index contributed by atoms with van der Waals surface area (Å²) in [6, 6.07) is 7.86. The van der Waals surface area contributed by atoms with E-state index in [4.69, 9.17) is 0 Å². The molecule has 2 aliphatic carbocycles. The zero-order valence-electron chi connectivity index (χ0n) is 14.7. The van der Waals surface area contributed by atoms with E-state index in [1.807, 2.05) is 29.2 Å². The van der Waals surface area contributed by atoms with E-state index in [0.717, 1.165) is 56.9 Å². The van der Waals surface area contributed by atoms with Crippen LogP contribution in [0.25, 0.3) is 0 Å². The Kier molecular flexibility index (Phi) is 4.75. The molecule has 5 nitrogen and oxygen atoms in total. The van der Waals surface area contributed by atoms with E-state index in [9.17, 15) is 9.59 Å². The van der Waals surface area contributed by atoms with Crippen molar-refractivity contribution in [3.63, 3.8) is 0 Å². The van der Waals surface area contributed by atoms with Crippen LogP contribution in [0.15, 0.2) is 24.3 Å². The lowest BCUT2D eigenvalue weighted by molar-refractivity contribution is -0.117. The van der Waals surface area contributed by atoms with Crippen molar-refractivity contribution >= 4 is 17.5 Å². The normalized spacial score (nSPS) is 21.2. The third kappa shape index (κ3) is 4.40. The minimum Gasteiger partial charge on any atom is -0.339 e. The van der Waals surface area contributed by atoms with Crippen molar-refractivity contribution in [2.75, 3.05) is 25.0 Å². The molecule has 0 atom stereocenters. The second kappa shape index (κ2) is 7.16. The van der Waals surface area contributed by atoms with Crippen LogP contribution in [0.5, 0.6) is 0 Å². The minimum atomic E-state index is 0.0971. The van der Waals surface area contributed by atoms with Gasteiger partial charge in [0, 0.05) is 36.3 Å². The van der Waals surface area contributed by atoms with Crippen LogP contribution in [0.4, 0.5) is 5.69 Å². The molecular formula is C20H27N3O2. The second-order valence-electron chi connectivity index (χ2n) is 7.76. The number of benzene rings is 1. The average molecular weight is 341 g/mol. The Balaban J connectivity index is 1.26.